The van der Waals surface area contributed by atoms with Gasteiger partial charge in [-0.1, -0.05) is 36.4 Å². The van der Waals surface area contributed by atoms with Crippen LogP contribution in [0.1, 0.15) is 30.8 Å². The van der Waals surface area contributed by atoms with Crippen molar-refractivity contribution in [3.05, 3.63) is 82.3 Å². The fraction of sp³-hybridized carbons (Fsp3) is 0.208. The Morgan fingerprint density at radius 3 is 2.58 bits per heavy atom. The van der Waals surface area contributed by atoms with E-state index in [1.54, 1.807) is 13.0 Å². The first kappa shape index (κ1) is 20.7. The van der Waals surface area contributed by atoms with Gasteiger partial charge < -0.3 is 5.11 Å². The van der Waals surface area contributed by atoms with Gasteiger partial charge in [-0.15, -0.1) is 5.10 Å². The average molecular weight is 418 g/mol. The Morgan fingerprint density at radius 2 is 1.97 bits per heavy atom. The minimum absolute atomic E-state index is 0.00680. The van der Waals surface area contributed by atoms with Gasteiger partial charge in [-0.25, -0.2) is 14.2 Å². The lowest BCUT2D eigenvalue weighted by atomic mass is 9.98. The van der Waals surface area contributed by atoms with Gasteiger partial charge in [0.1, 0.15) is 12.3 Å². The number of fused-ring (bicyclic) bond motifs is 1. The van der Waals surface area contributed by atoms with Crippen LogP contribution in [0.2, 0.25) is 0 Å². The number of rotatable bonds is 5. The quantitative estimate of drug-likeness (QED) is 0.526. The number of aliphatic hydroxyl groups is 1. The summed E-state index contributed by atoms with van der Waals surface area (Å²) in [6.45, 7) is 9.63. The van der Waals surface area contributed by atoms with Crippen molar-refractivity contribution < 1.29 is 9.50 Å². The second kappa shape index (κ2) is 7.92. The lowest BCUT2D eigenvalue weighted by Gasteiger charge is -2.13. The molecule has 6 nitrogen and oxygen atoms in total. The van der Waals surface area contributed by atoms with Crippen molar-refractivity contribution in [2.45, 2.75) is 33.9 Å². The highest BCUT2D eigenvalue weighted by atomic mass is 19.1. The Hall–Kier alpha value is -3.58. The minimum Gasteiger partial charge on any atom is -0.388 e. The molecule has 4 aromatic rings. The normalized spacial score (nSPS) is 11.3. The zero-order valence-electron chi connectivity index (χ0n) is 17.7. The summed E-state index contributed by atoms with van der Waals surface area (Å²) in [7, 11) is 0. The van der Waals surface area contributed by atoms with E-state index in [9.17, 15) is 9.90 Å². The molecule has 0 unspecified atom stereocenters. The highest BCUT2D eigenvalue weighted by molar-refractivity contribution is 5.94. The number of aromatic nitrogens is 4. The van der Waals surface area contributed by atoms with E-state index in [0.29, 0.717) is 17.4 Å². The number of aryl methyl sites for hydroxylation is 1. The predicted molar refractivity (Wildman–Crippen MR) is 120 cm³/mol. The zero-order valence-corrected chi connectivity index (χ0v) is 17.7. The number of benzene rings is 2. The molecule has 0 aliphatic rings. The summed E-state index contributed by atoms with van der Waals surface area (Å²) in [6, 6.07) is 12.7. The van der Waals surface area contributed by atoms with Gasteiger partial charge in [0.2, 0.25) is 0 Å². The van der Waals surface area contributed by atoms with Crippen LogP contribution in [0, 0.1) is 12.7 Å². The number of nitrogens with zero attached hydrogens (tertiary/aromatic N) is 4. The van der Waals surface area contributed by atoms with Crippen LogP contribution in [0.25, 0.3) is 33.4 Å². The van der Waals surface area contributed by atoms with Crippen LogP contribution in [0.4, 0.5) is 4.39 Å². The summed E-state index contributed by atoms with van der Waals surface area (Å²) < 4.78 is 17.4. The van der Waals surface area contributed by atoms with E-state index in [-0.39, 0.29) is 11.5 Å². The van der Waals surface area contributed by atoms with E-state index in [0.717, 1.165) is 32.6 Å². The monoisotopic (exact) mass is 418 g/mol. The number of halogens is 1. The molecule has 0 saturated heterocycles. The van der Waals surface area contributed by atoms with Crippen molar-refractivity contribution in [3.63, 3.8) is 0 Å². The van der Waals surface area contributed by atoms with Crippen molar-refractivity contribution in [3.8, 4) is 16.9 Å². The fourth-order valence-corrected chi connectivity index (χ4v) is 3.78. The number of allylic oxidation sites excluding steroid dienone is 1. The summed E-state index contributed by atoms with van der Waals surface area (Å²) in [5.41, 5.74) is 4.32. The van der Waals surface area contributed by atoms with Crippen molar-refractivity contribution in [1.29, 1.82) is 0 Å². The maximum atomic E-state index is 15.1. The third-order valence-corrected chi connectivity index (χ3v) is 5.38. The van der Waals surface area contributed by atoms with Gasteiger partial charge in [-0.2, -0.15) is 4.68 Å². The molecule has 0 amide bonds. The van der Waals surface area contributed by atoms with E-state index < -0.39 is 18.1 Å². The van der Waals surface area contributed by atoms with Gasteiger partial charge in [0, 0.05) is 23.6 Å². The Kier molecular flexibility index (Phi) is 5.29. The maximum absolute atomic E-state index is 15.1. The van der Waals surface area contributed by atoms with Crippen molar-refractivity contribution in [1.82, 2.24) is 19.3 Å². The van der Waals surface area contributed by atoms with Crippen molar-refractivity contribution in [2.75, 3.05) is 0 Å². The molecule has 1 N–H and O–H groups in total. The number of hydrogen-bond donors (Lipinski definition) is 1. The number of aliphatic hydroxyl groups excluding tert-OH is 1. The van der Waals surface area contributed by atoms with E-state index in [4.69, 9.17) is 0 Å². The van der Waals surface area contributed by atoms with Crippen LogP contribution in [-0.4, -0.2) is 24.4 Å². The molecule has 0 saturated carbocycles. The second-order valence-corrected chi connectivity index (χ2v) is 7.48. The highest BCUT2D eigenvalue weighted by Gasteiger charge is 2.19. The summed E-state index contributed by atoms with van der Waals surface area (Å²) >= 11 is 0. The predicted octanol–water partition coefficient (Wildman–Crippen LogP) is 4.24. The first-order chi connectivity index (χ1) is 14.8. The van der Waals surface area contributed by atoms with Crippen LogP contribution < -0.4 is 5.69 Å². The van der Waals surface area contributed by atoms with Gasteiger partial charge in [0.05, 0.1) is 11.2 Å². The molecule has 4 rings (SSSR count). The zero-order chi connectivity index (χ0) is 22.3. The fourth-order valence-electron chi connectivity index (χ4n) is 3.78. The van der Waals surface area contributed by atoms with Gasteiger partial charge in [-0.05, 0) is 44.0 Å². The third kappa shape index (κ3) is 3.47. The van der Waals surface area contributed by atoms with E-state index in [1.807, 2.05) is 44.2 Å². The second-order valence-electron chi connectivity index (χ2n) is 7.48. The number of pyridine rings is 1. The summed E-state index contributed by atoms with van der Waals surface area (Å²) in [6.07, 6.45) is 0. The summed E-state index contributed by atoms with van der Waals surface area (Å²) in [4.78, 5) is 17.4. The summed E-state index contributed by atoms with van der Waals surface area (Å²) in [5.74, 6) is -0.443. The maximum Gasteiger partial charge on any atom is 0.350 e. The van der Waals surface area contributed by atoms with Crippen LogP contribution in [0.3, 0.4) is 0 Å². The molecule has 2 heterocycles. The van der Waals surface area contributed by atoms with E-state index in [1.165, 1.54) is 10.6 Å². The number of hydrogen-bond acceptors (Lipinski definition) is 4. The molecule has 31 heavy (non-hydrogen) atoms. The molecule has 0 atom stereocenters. The lowest BCUT2D eigenvalue weighted by molar-refractivity contribution is 0.264. The minimum atomic E-state index is -0.623. The molecule has 0 aliphatic heterocycles. The molecule has 0 aliphatic carbocycles. The molecule has 158 valence electrons. The third-order valence-electron chi connectivity index (χ3n) is 5.38. The van der Waals surface area contributed by atoms with Crippen LogP contribution in [0.5, 0.6) is 0 Å². The van der Waals surface area contributed by atoms with Crippen molar-refractivity contribution in [2.24, 2.45) is 0 Å². The van der Waals surface area contributed by atoms with Crippen molar-refractivity contribution >= 4 is 16.5 Å². The van der Waals surface area contributed by atoms with Crippen LogP contribution in [0.15, 0.2) is 53.8 Å². The molecule has 2 aromatic heterocycles. The molecule has 7 heteroatoms. The highest BCUT2D eigenvalue weighted by Crippen LogP contribution is 2.32. The summed E-state index contributed by atoms with van der Waals surface area (Å²) in [5, 5.41) is 14.3. The SMILES string of the molecule is C=C(C)c1cc(-c2ccccc2C)nc2cc(F)c(-n3nc(CO)n(CC)c3=O)cc12. The Balaban J connectivity index is 2.00. The molecular weight excluding hydrogens is 395 g/mol. The molecule has 0 radical (unpaired) electrons. The average Bonchev–Trinajstić information content (AvgIpc) is 3.07. The van der Waals surface area contributed by atoms with Gasteiger partial charge in [0.15, 0.2) is 11.6 Å². The Labute approximate surface area is 178 Å². The van der Waals surface area contributed by atoms with E-state index >= 15 is 4.39 Å². The van der Waals surface area contributed by atoms with Crippen LogP contribution in [-0.2, 0) is 13.2 Å². The molecule has 0 bridgehead atoms. The molecular formula is C24H23FN4O2. The molecule has 0 spiro atoms. The van der Waals surface area contributed by atoms with Gasteiger partial charge >= 0.3 is 5.69 Å². The topological polar surface area (TPSA) is 72.9 Å². The molecule has 2 aromatic carbocycles. The first-order valence-electron chi connectivity index (χ1n) is 10.0. The molecule has 0 fully saturated rings. The Bertz CT molecular complexity index is 1380. The van der Waals surface area contributed by atoms with Gasteiger partial charge in [-0.3, -0.25) is 4.57 Å². The Morgan fingerprint density at radius 1 is 1.23 bits per heavy atom. The van der Waals surface area contributed by atoms with Crippen LogP contribution >= 0.6 is 0 Å². The largest absolute Gasteiger partial charge is 0.388 e. The smallest absolute Gasteiger partial charge is 0.350 e. The first-order valence-corrected chi connectivity index (χ1v) is 10.0. The van der Waals surface area contributed by atoms with E-state index in [2.05, 4.69) is 16.7 Å². The standard InChI is InChI=1S/C24H23FN4O2/c1-5-28-23(13-30)27-29(24(28)31)22-11-18-17(14(2)3)10-20(26-21(18)12-19(22)25)16-9-7-6-8-15(16)4/h6-12,30H,2,5,13H2,1,3-4H3. The van der Waals surface area contributed by atoms with Gasteiger partial charge in [0.25, 0.3) is 0 Å². The lowest BCUT2D eigenvalue weighted by Crippen LogP contribution is -2.24.